The van der Waals surface area contributed by atoms with E-state index < -0.39 is 0 Å². The quantitative estimate of drug-likeness (QED) is 0.552. The zero-order chi connectivity index (χ0) is 8.55. The predicted molar refractivity (Wildman–Crippen MR) is 44.5 cm³/mol. The second kappa shape index (κ2) is 3.05. The summed E-state index contributed by atoms with van der Waals surface area (Å²) in [5.74, 6) is 0.721. The van der Waals surface area contributed by atoms with E-state index in [0.717, 1.165) is 25.7 Å². The molecular weight excluding hydrogens is 154 g/mol. The van der Waals surface area contributed by atoms with Gasteiger partial charge in [0.05, 0.1) is 6.10 Å². The highest BCUT2D eigenvalue weighted by molar-refractivity contribution is 5.77. The number of rotatable bonds is 0. The van der Waals surface area contributed by atoms with Crippen LogP contribution in [0.5, 0.6) is 0 Å². The molecule has 1 heterocycles. The maximum Gasteiger partial charge on any atom is 0.220 e. The third-order valence-electron chi connectivity index (χ3n) is 3.04. The molecule has 0 spiro atoms. The van der Waals surface area contributed by atoms with E-state index in [9.17, 15) is 9.90 Å². The number of fused-ring (bicyclic) bond motifs is 1. The molecule has 1 aliphatic heterocycles. The normalized spacial score (nSPS) is 41.8. The number of aliphatic hydroxyl groups excluding tert-OH is 1. The molecule has 0 radical (unpaired) electrons. The number of aliphatic hydroxyl groups is 1. The molecule has 2 rings (SSSR count). The first-order chi connectivity index (χ1) is 5.75. The van der Waals surface area contributed by atoms with Crippen LogP contribution < -0.4 is 5.32 Å². The molecule has 0 bridgehead atoms. The van der Waals surface area contributed by atoms with Crippen molar-refractivity contribution < 1.29 is 9.90 Å². The number of carbonyl (C=O) groups is 1. The van der Waals surface area contributed by atoms with Crippen molar-refractivity contribution in [2.75, 3.05) is 0 Å². The molecule has 1 saturated carbocycles. The van der Waals surface area contributed by atoms with E-state index in [1.54, 1.807) is 0 Å². The average molecular weight is 169 g/mol. The minimum absolute atomic E-state index is 0.124. The van der Waals surface area contributed by atoms with Gasteiger partial charge in [-0.25, -0.2) is 0 Å². The maximum absolute atomic E-state index is 11.0. The Kier molecular flexibility index (Phi) is 2.05. The summed E-state index contributed by atoms with van der Waals surface area (Å²) < 4.78 is 0. The van der Waals surface area contributed by atoms with Crippen LogP contribution in [-0.2, 0) is 4.79 Å². The zero-order valence-electron chi connectivity index (χ0n) is 7.12. The molecular formula is C9H15NO2. The first-order valence-corrected chi connectivity index (χ1v) is 4.73. The summed E-state index contributed by atoms with van der Waals surface area (Å²) in [6.07, 6.45) is 4.17. The van der Waals surface area contributed by atoms with Gasteiger partial charge in [0, 0.05) is 12.5 Å². The second-order valence-corrected chi connectivity index (χ2v) is 3.94. The minimum Gasteiger partial charge on any atom is -0.393 e. The lowest BCUT2D eigenvalue weighted by Gasteiger charge is -2.37. The lowest BCUT2D eigenvalue weighted by molar-refractivity contribution is -0.125. The Balaban J connectivity index is 1.98. The first kappa shape index (κ1) is 8.05. The van der Waals surface area contributed by atoms with Crippen molar-refractivity contribution in [3.8, 4) is 0 Å². The van der Waals surface area contributed by atoms with Gasteiger partial charge >= 0.3 is 0 Å². The Labute approximate surface area is 72.2 Å². The summed E-state index contributed by atoms with van der Waals surface area (Å²) in [5, 5.41) is 12.4. The summed E-state index contributed by atoms with van der Waals surface area (Å²) >= 11 is 0. The number of piperidine rings is 1. The number of nitrogens with one attached hydrogen (secondary N) is 1. The van der Waals surface area contributed by atoms with Gasteiger partial charge in [-0.3, -0.25) is 4.79 Å². The number of hydrogen-bond donors (Lipinski definition) is 2. The molecule has 1 saturated heterocycles. The molecule has 1 amide bonds. The number of carbonyl (C=O) groups excluding carboxylic acids is 1. The lowest BCUT2D eigenvalue weighted by atomic mass is 9.78. The van der Waals surface area contributed by atoms with Crippen molar-refractivity contribution in [2.24, 2.45) is 5.92 Å². The van der Waals surface area contributed by atoms with Crippen LogP contribution in [0, 0.1) is 5.92 Å². The average Bonchev–Trinajstić information content (AvgIpc) is 2.05. The van der Waals surface area contributed by atoms with Gasteiger partial charge in [0.15, 0.2) is 0 Å². The van der Waals surface area contributed by atoms with Crippen LogP contribution in [0.4, 0.5) is 0 Å². The summed E-state index contributed by atoms with van der Waals surface area (Å²) in [6, 6.07) is 0.356. The van der Waals surface area contributed by atoms with Crippen molar-refractivity contribution in [3.63, 3.8) is 0 Å². The molecule has 12 heavy (non-hydrogen) atoms. The summed E-state index contributed by atoms with van der Waals surface area (Å²) in [7, 11) is 0. The van der Waals surface area contributed by atoms with E-state index in [1.165, 1.54) is 0 Å². The molecule has 2 aliphatic rings. The van der Waals surface area contributed by atoms with Gasteiger partial charge in [0.1, 0.15) is 0 Å². The van der Waals surface area contributed by atoms with Crippen molar-refractivity contribution in [1.29, 1.82) is 0 Å². The van der Waals surface area contributed by atoms with E-state index >= 15 is 0 Å². The third kappa shape index (κ3) is 1.46. The van der Waals surface area contributed by atoms with Crippen LogP contribution in [0.3, 0.4) is 0 Å². The van der Waals surface area contributed by atoms with Crippen LogP contribution in [-0.4, -0.2) is 23.2 Å². The van der Waals surface area contributed by atoms with Crippen molar-refractivity contribution in [2.45, 2.75) is 44.2 Å². The zero-order valence-corrected chi connectivity index (χ0v) is 7.12. The van der Waals surface area contributed by atoms with E-state index in [2.05, 4.69) is 5.32 Å². The third-order valence-corrected chi connectivity index (χ3v) is 3.04. The van der Waals surface area contributed by atoms with Gasteiger partial charge in [-0.15, -0.1) is 0 Å². The molecule has 68 valence electrons. The van der Waals surface area contributed by atoms with Gasteiger partial charge in [-0.1, -0.05) is 0 Å². The second-order valence-electron chi connectivity index (χ2n) is 3.94. The van der Waals surface area contributed by atoms with Crippen LogP contribution in [0.25, 0.3) is 0 Å². The fourth-order valence-electron chi connectivity index (χ4n) is 2.34. The van der Waals surface area contributed by atoms with E-state index in [4.69, 9.17) is 0 Å². The molecule has 3 nitrogen and oxygen atoms in total. The van der Waals surface area contributed by atoms with E-state index in [1.807, 2.05) is 0 Å². The molecule has 2 N–H and O–H groups in total. The molecule has 3 heteroatoms. The Hall–Kier alpha value is -0.570. The van der Waals surface area contributed by atoms with Gasteiger partial charge in [0.2, 0.25) is 5.91 Å². The van der Waals surface area contributed by atoms with Gasteiger partial charge < -0.3 is 10.4 Å². The Morgan fingerprint density at radius 1 is 1.33 bits per heavy atom. The van der Waals surface area contributed by atoms with E-state index in [0.29, 0.717) is 18.4 Å². The SMILES string of the molecule is O=C1CCC2CC(O)CCC2N1. The number of amides is 1. The largest absolute Gasteiger partial charge is 0.393 e. The van der Waals surface area contributed by atoms with E-state index in [-0.39, 0.29) is 12.0 Å². The molecule has 0 aromatic carbocycles. The van der Waals surface area contributed by atoms with Gasteiger partial charge in [-0.05, 0) is 31.6 Å². The van der Waals surface area contributed by atoms with Crippen LogP contribution in [0.1, 0.15) is 32.1 Å². The molecule has 1 aliphatic carbocycles. The lowest BCUT2D eigenvalue weighted by Crippen LogP contribution is -2.48. The first-order valence-electron chi connectivity index (χ1n) is 4.73. The minimum atomic E-state index is -0.124. The van der Waals surface area contributed by atoms with Crippen molar-refractivity contribution >= 4 is 5.91 Å². The highest BCUT2D eigenvalue weighted by Crippen LogP contribution is 2.30. The smallest absolute Gasteiger partial charge is 0.220 e. The highest BCUT2D eigenvalue weighted by Gasteiger charge is 2.33. The Bertz CT molecular complexity index is 193. The Morgan fingerprint density at radius 3 is 3.00 bits per heavy atom. The van der Waals surface area contributed by atoms with Crippen LogP contribution in [0.2, 0.25) is 0 Å². The number of hydrogen-bond acceptors (Lipinski definition) is 2. The topological polar surface area (TPSA) is 49.3 Å². The van der Waals surface area contributed by atoms with Gasteiger partial charge in [0.25, 0.3) is 0 Å². The molecule has 3 atom stereocenters. The van der Waals surface area contributed by atoms with Gasteiger partial charge in [-0.2, -0.15) is 0 Å². The fraction of sp³-hybridized carbons (Fsp3) is 0.889. The van der Waals surface area contributed by atoms with Crippen molar-refractivity contribution in [3.05, 3.63) is 0 Å². The monoisotopic (exact) mass is 169 g/mol. The summed E-state index contributed by atoms with van der Waals surface area (Å²) in [6.45, 7) is 0. The van der Waals surface area contributed by atoms with Crippen LogP contribution in [0.15, 0.2) is 0 Å². The molecule has 0 aromatic rings. The Morgan fingerprint density at radius 2 is 2.17 bits per heavy atom. The summed E-state index contributed by atoms with van der Waals surface area (Å²) in [5.41, 5.74) is 0. The molecule has 3 unspecified atom stereocenters. The standard InChI is InChI=1S/C9H15NO2/c11-7-2-3-8-6(5-7)1-4-9(12)10-8/h6-8,11H,1-5H2,(H,10,12). The summed E-state index contributed by atoms with van der Waals surface area (Å²) in [4.78, 5) is 11.0. The molecule has 0 aromatic heterocycles. The van der Waals surface area contributed by atoms with Crippen molar-refractivity contribution in [1.82, 2.24) is 5.32 Å². The van der Waals surface area contributed by atoms with Crippen LogP contribution >= 0.6 is 0 Å². The molecule has 2 fully saturated rings. The predicted octanol–water partition coefficient (Wildman–Crippen LogP) is 0.426. The fourth-order valence-corrected chi connectivity index (χ4v) is 2.34. The maximum atomic E-state index is 11.0. The highest BCUT2D eigenvalue weighted by atomic mass is 16.3.